The lowest BCUT2D eigenvalue weighted by Crippen LogP contribution is -2.13. The van der Waals surface area contributed by atoms with E-state index in [1.165, 1.54) is 25.7 Å². The molecule has 0 amide bonds. The van der Waals surface area contributed by atoms with Gasteiger partial charge in [-0.3, -0.25) is 0 Å². The highest BCUT2D eigenvalue weighted by Crippen LogP contribution is 2.19. The molecular formula is C14H25NO. The first-order valence-corrected chi connectivity index (χ1v) is 6.52. The third-order valence-corrected chi connectivity index (χ3v) is 3.29. The summed E-state index contributed by atoms with van der Waals surface area (Å²) in [5.41, 5.74) is 1.04. The van der Waals surface area contributed by atoms with Crippen LogP contribution in [0.4, 0.5) is 0 Å². The molecule has 1 rings (SSSR count). The van der Waals surface area contributed by atoms with E-state index in [4.69, 9.17) is 0 Å². The quantitative estimate of drug-likeness (QED) is 0.748. The van der Waals surface area contributed by atoms with Crippen molar-refractivity contribution in [1.82, 2.24) is 4.57 Å². The number of hydrogen-bond acceptors (Lipinski definition) is 1. The summed E-state index contributed by atoms with van der Waals surface area (Å²) < 4.78 is 2.20. The molecule has 0 saturated heterocycles. The fourth-order valence-corrected chi connectivity index (χ4v) is 2.17. The minimum atomic E-state index is -0.362. The summed E-state index contributed by atoms with van der Waals surface area (Å²) in [4.78, 5) is 0. The van der Waals surface area contributed by atoms with Crippen LogP contribution < -0.4 is 0 Å². The van der Waals surface area contributed by atoms with Gasteiger partial charge in [-0.15, -0.1) is 0 Å². The Morgan fingerprint density at radius 1 is 1.38 bits per heavy atom. The molecule has 2 nitrogen and oxygen atoms in total. The molecule has 0 aliphatic heterocycles. The van der Waals surface area contributed by atoms with Crippen LogP contribution in [0.2, 0.25) is 0 Å². The van der Waals surface area contributed by atoms with E-state index in [1.807, 2.05) is 19.1 Å². The largest absolute Gasteiger partial charge is 0.387 e. The molecule has 0 spiro atoms. The maximum absolute atomic E-state index is 9.63. The Labute approximate surface area is 99.3 Å². The molecule has 1 aromatic heterocycles. The van der Waals surface area contributed by atoms with Crippen molar-refractivity contribution >= 4 is 0 Å². The highest BCUT2D eigenvalue weighted by Gasteiger charge is 2.11. The maximum atomic E-state index is 9.63. The molecule has 0 bridgehead atoms. The molecular weight excluding hydrogens is 198 g/mol. The molecule has 16 heavy (non-hydrogen) atoms. The zero-order chi connectivity index (χ0) is 12.0. The van der Waals surface area contributed by atoms with Crippen molar-refractivity contribution in [3.05, 3.63) is 24.0 Å². The van der Waals surface area contributed by atoms with Gasteiger partial charge in [0.05, 0.1) is 6.10 Å². The predicted octanol–water partition coefficient (Wildman–Crippen LogP) is 3.76. The molecule has 1 N–H and O–H groups in total. The maximum Gasteiger partial charge on any atom is 0.0911 e. The van der Waals surface area contributed by atoms with E-state index in [0.29, 0.717) is 0 Å². The molecule has 2 atom stereocenters. The van der Waals surface area contributed by atoms with Gasteiger partial charge in [0.15, 0.2) is 0 Å². The molecule has 0 radical (unpaired) electrons. The lowest BCUT2D eigenvalue weighted by atomic mass is 9.99. The number of aliphatic hydroxyl groups is 1. The third-order valence-electron chi connectivity index (χ3n) is 3.29. The summed E-state index contributed by atoms with van der Waals surface area (Å²) in [6.07, 6.45) is 6.81. The van der Waals surface area contributed by atoms with E-state index in [-0.39, 0.29) is 6.10 Å². The van der Waals surface area contributed by atoms with Crippen molar-refractivity contribution in [1.29, 1.82) is 0 Å². The minimum absolute atomic E-state index is 0.362. The normalized spacial score (nSPS) is 15.0. The molecule has 0 aliphatic carbocycles. The van der Waals surface area contributed by atoms with Crippen LogP contribution >= 0.6 is 0 Å². The van der Waals surface area contributed by atoms with Crippen LogP contribution in [0, 0.1) is 5.92 Å². The van der Waals surface area contributed by atoms with E-state index >= 15 is 0 Å². The molecule has 0 aromatic carbocycles. The van der Waals surface area contributed by atoms with Gasteiger partial charge in [-0.2, -0.15) is 0 Å². The van der Waals surface area contributed by atoms with E-state index in [1.54, 1.807) is 0 Å². The number of hydrogen-bond donors (Lipinski definition) is 1. The van der Waals surface area contributed by atoms with Crippen molar-refractivity contribution in [2.45, 2.75) is 59.1 Å². The predicted molar refractivity (Wildman–Crippen MR) is 68.4 cm³/mol. The van der Waals surface area contributed by atoms with Gasteiger partial charge in [-0.25, -0.2) is 0 Å². The number of rotatable bonds is 7. The van der Waals surface area contributed by atoms with Gasteiger partial charge >= 0.3 is 0 Å². The summed E-state index contributed by atoms with van der Waals surface area (Å²) >= 11 is 0. The van der Waals surface area contributed by atoms with Crippen molar-refractivity contribution in [2.75, 3.05) is 0 Å². The lowest BCUT2D eigenvalue weighted by Gasteiger charge is -2.18. The summed E-state index contributed by atoms with van der Waals surface area (Å²) in [6.45, 7) is 7.37. The van der Waals surface area contributed by atoms with Crippen LogP contribution in [0.25, 0.3) is 0 Å². The highest BCUT2D eigenvalue weighted by atomic mass is 16.3. The Morgan fingerprint density at radius 2 is 2.12 bits per heavy atom. The number of unbranched alkanes of at least 4 members (excludes halogenated alkanes) is 1. The average Bonchev–Trinajstić information content (AvgIpc) is 2.72. The Kier molecular flexibility index (Phi) is 5.61. The average molecular weight is 223 g/mol. The Balaban J connectivity index is 2.59. The van der Waals surface area contributed by atoms with Crippen LogP contribution in [0.1, 0.15) is 58.3 Å². The standard InChI is InChI=1S/C14H25NO/c1-4-6-8-13(5-2)11-15-10-7-9-14(15)12(3)16/h7,9-10,12-13,16H,4-6,8,11H2,1-3H3. The first-order valence-electron chi connectivity index (χ1n) is 6.52. The fourth-order valence-electron chi connectivity index (χ4n) is 2.17. The van der Waals surface area contributed by atoms with Crippen LogP contribution in [-0.2, 0) is 6.54 Å². The number of aromatic nitrogens is 1. The Morgan fingerprint density at radius 3 is 2.69 bits per heavy atom. The second-order valence-corrected chi connectivity index (χ2v) is 4.68. The molecule has 2 unspecified atom stereocenters. The molecule has 0 fully saturated rings. The zero-order valence-corrected chi connectivity index (χ0v) is 10.8. The number of nitrogens with zero attached hydrogens (tertiary/aromatic N) is 1. The van der Waals surface area contributed by atoms with E-state index in [0.717, 1.165) is 18.2 Å². The topological polar surface area (TPSA) is 25.2 Å². The second-order valence-electron chi connectivity index (χ2n) is 4.68. The molecule has 0 aliphatic rings. The summed E-state index contributed by atoms with van der Waals surface area (Å²) in [6, 6.07) is 4.03. The van der Waals surface area contributed by atoms with Crippen molar-refractivity contribution in [3.63, 3.8) is 0 Å². The van der Waals surface area contributed by atoms with Crippen molar-refractivity contribution in [3.8, 4) is 0 Å². The Hall–Kier alpha value is -0.760. The first kappa shape index (κ1) is 13.3. The van der Waals surface area contributed by atoms with Gasteiger partial charge in [0.1, 0.15) is 0 Å². The van der Waals surface area contributed by atoms with Crippen molar-refractivity contribution < 1.29 is 5.11 Å². The Bertz CT molecular complexity index is 291. The zero-order valence-electron chi connectivity index (χ0n) is 10.8. The van der Waals surface area contributed by atoms with Crippen LogP contribution in [-0.4, -0.2) is 9.67 Å². The van der Waals surface area contributed by atoms with Crippen LogP contribution in [0.3, 0.4) is 0 Å². The minimum Gasteiger partial charge on any atom is -0.387 e. The second kappa shape index (κ2) is 6.74. The molecule has 92 valence electrons. The fraction of sp³-hybridized carbons (Fsp3) is 0.714. The van der Waals surface area contributed by atoms with Crippen molar-refractivity contribution in [2.24, 2.45) is 5.92 Å². The van der Waals surface area contributed by atoms with Gasteiger partial charge in [0.2, 0.25) is 0 Å². The van der Waals surface area contributed by atoms with E-state index < -0.39 is 0 Å². The summed E-state index contributed by atoms with van der Waals surface area (Å²) in [5.74, 6) is 0.741. The third kappa shape index (κ3) is 3.67. The van der Waals surface area contributed by atoms with Gasteiger partial charge < -0.3 is 9.67 Å². The van der Waals surface area contributed by atoms with Gasteiger partial charge in [0, 0.05) is 18.4 Å². The summed E-state index contributed by atoms with van der Waals surface area (Å²) in [5, 5.41) is 9.63. The lowest BCUT2D eigenvalue weighted by molar-refractivity contribution is 0.186. The van der Waals surface area contributed by atoms with Gasteiger partial charge in [-0.1, -0.05) is 33.1 Å². The molecule has 1 aromatic rings. The van der Waals surface area contributed by atoms with Gasteiger partial charge in [-0.05, 0) is 31.4 Å². The molecule has 2 heteroatoms. The van der Waals surface area contributed by atoms with E-state index in [9.17, 15) is 5.11 Å². The smallest absolute Gasteiger partial charge is 0.0911 e. The summed E-state index contributed by atoms with van der Waals surface area (Å²) in [7, 11) is 0. The SMILES string of the molecule is CCCCC(CC)Cn1cccc1C(C)O. The number of aliphatic hydroxyl groups excluding tert-OH is 1. The molecule has 0 saturated carbocycles. The first-order chi connectivity index (χ1) is 7.69. The highest BCUT2D eigenvalue weighted by molar-refractivity contribution is 5.09. The monoisotopic (exact) mass is 223 g/mol. The molecule has 1 heterocycles. The van der Waals surface area contributed by atoms with Crippen LogP contribution in [0.15, 0.2) is 18.3 Å². The van der Waals surface area contributed by atoms with E-state index in [2.05, 4.69) is 24.6 Å². The van der Waals surface area contributed by atoms with Gasteiger partial charge in [0.25, 0.3) is 0 Å². The van der Waals surface area contributed by atoms with Crippen LogP contribution in [0.5, 0.6) is 0 Å².